The van der Waals surface area contributed by atoms with Crippen LogP contribution in [0.15, 0.2) is 41.3 Å². The van der Waals surface area contributed by atoms with Gasteiger partial charge < -0.3 is 10.1 Å². The second-order valence-corrected chi connectivity index (χ2v) is 9.29. The fourth-order valence-electron chi connectivity index (χ4n) is 3.02. The first-order valence-electron chi connectivity index (χ1n) is 9.37. The third-order valence-electron chi connectivity index (χ3n) is 4.87. The predicted octanol–water partition coefficient (Wildman–Crippen LogP) is 4.05. The molecule has 0 saturated heterocycles. The molecular formula is C22H29NO4S. The van der Waals surface area contributed by atoms with Crippen LogP contribution in [0.3, 0.4) is 0 Å². The summed E-state index contributed by atoms with van der Waals surface area (Å²) in [7, 11) is -3.24. The highest BCUT2D eigenvalue weighted by Gasteiger charge is 2.21. The van der Waals surface area contributed by atoms with Crippen LogP contribution >= 0.6 is 0 Å². The summed E-state index contributed by atoms with van der Waals surface area (Å²) in [4.78, 5) is 12.9. The van der Waals surface area contributed by atoms with Crippen LogP contribution in [0.25, 0.3) is 0 Å². The van der Waals surface area contributed by atoms with Gasteiger partial charge in [0.05, 0.1) is 10.9 Å². The Morgan fingerprint density at radius 2 is 1.71 bits per heavy atom. The van der Waals surface area contributed by atoms with Crippen LogP contribution in [0.1, 0.15) is 48.6 Å². The van der Waals surface area contributed by atoms with Gasteiger partial charge in [-0.1, -0.05) is 25.1 Å². The average Bonchev–Trinajstić information content (AvgIpc) is 2.62. The van der Waals surface area contributed by atoms with Crippen molar-refractivity contribution in [1.82, 2.24) is 5.32 Å². The van der Waals surface area contributed by atoms with Gasteiger partial charge in [0.1, 0.15) is 5.75 Å². The third-order valence-corrected chi connectivity index (χ3v) is 6.00. The van der Waals surface area contributed by atoms with Gasteiger partial charge in [0.2, 0.25) is 0 Å². The lowest BCUT2D eigenvalue weighted by Crippen LogP contribution is -2.38. The minimum absolute atomic E-state index is 0.211. The van der Waals surface area contributed by atoms with Crippen LogP contribution < -0.4 is 10.1 Å². The van der Waals surface area contributed by atoms with Crippen molar-refractivity contribution in [3.05, 3.63) is 58.7 Å². The van der Waals surface area contributed by atoms with Crippen LogP contribution in [0.5, 0.6) is 5.75 Å². The summed E-state index contributed by atoms with van der Waals surface area (Å²) < 4.78 is 29.1. The number of aryl methyl sites for hydroxylation is 2. The van der Waals surface area contributed by atoms with Gasteiger partial charge in [-0.3, -0.25) is 4.79 Å². The summed E-state index contributed by atoms with van der Waals surface area (Å²) >= 11 is 0. The molecule has 5 nitrogen and oxygen atoms in total. The number of ether oxygens (including phenoxy) is 1. The maximum atomic E-state index is 12.7. The van der Waals surface area contributed by atoms with Crippen LogP contribution in [-0.2, 0) is 14.6 Å². The zero-order valence-electron chi connectivity index (χ0n) is 17.4. The Bertz CT molecular complexity index is 949. The van der Waals surface area contributed by atoms with Gasteiger partial charge in [0.15, 0.2) is 15.9 Å². The van der Waals surface area contributed by atoms with Gasteiger partial charge in [-0.15, -0.1) is 0 Å². The molecule has 0 unspecified atom stereocenters. The lowest BCUT2D eigenvalue weighted by molar-refractivity contribution is -0.128. The standard InChI is InChI=1S/C22H29NO4S/c1-7-20(18-8-10-19(11-9-18)28(6,25)26)23-22(24)17(5)27-21-13-14(2)12-15(3)16(21)4/h8-13,17,20H,7H2,1-6H3,(H,23,24)/t17-,20+/m1/s1. The largest absolute Gasteiger partial charge is 0.481 e. The molecule has 0 aliphatic carbocycles. The summed E-state index contributed by atoms with van der Waals surface area (Å²) in [5.74, 6) is 0.503. The lowest BCUT2D eigenvalue weighted by atomic mass is 10.0. The minimum atomic E-state index is -3.24. The van der Waals surface area contributed by atoms with Crippen molar-refractivity contribution in [1.29, 1.82) is 0 Å². The van der Waals surface area contributed by atoms with E-state index >= 15 is 0 Å². The number of hydrogen-bond donors (Lipinski definition) is 1. The van der Waals surface area contributed by atoms with E-state index in [2.05, 4.69) is 11.4 Å². The Balaban J connectivity index is 2.11. The molecule has 2 atom stereocenters. The van der Waals surface area contributed by atoms with E-state index < -0.39 is 15.9 Å². The molecule has 0 aliphatic rings. The molecule has 0 aromatic heterocycles. The predicted molar refractivity (Wildman–Crippen MR) is 111 cm³/mol. The van der Waals surface area contributed by atoms with Gasteiger partial charge in [0.25, 0.3) is 5.91 Å². The van der Waals surface area contributed by atoms with Crippen molar-refractivity contribution in [3.8, 4) is 5.75 Å². The molecule has 152 valence electrons. The van der Waals surface area contributed by atoms with E-state index in [0.717, 1.165) is 22.3 Å². The van der Waals surface area contributed by atoms with Crippen molar-refractivity contribution >= 4 is 15.7 Å². The zero-order valence-corrected chi connectivity index (χ0v) is 18.2. The topological polar surface area (TPSA) is 72.5 Å². The molecule has 2 aromatic rings. The molecule has 1 amide bonds. The molecule has 0 fully saturated rings. The number of benzene rings is 2. The minimum Gasteiger partial charge on any atom is -0.481 e. The smallest absolute Gasteiger partial charge is 0.261 e. The molecule has 28 heavy (non-hydrogen) atoms. The van der Waals surface area contributed by atoms with Crippen LogP contribution in [0, 0.1) is 20.8 Å². The van der Waals surface area contributed by atoms with Gasteiger partial charge in [-0.2, -0.15) is 0 Å². The highest BCUT2D eigenvalue weighted by atomic mass is 32.2. The molecule has 0 bridgehead atoms. The fourth-order valence-corrected chi connectivity index (χ4v) is 3.66. The summed E-state index contributed by atoms with van der Waals surface area (Å²) in [6.45, 7) is 9.69. The van der Waals surface area contributed by atoms with Crippen molar-refractivity contribution in [2.45, 2.75) is 58.1 Å². The Morgan fingerprint density at radius 3 is 2.25 bits per heavy atom. The summed E-state index contributed by atoms with van der Waals surface area (Å²) in [6, 6.07) is 10.4. The first-order chi connectivity index (χ1) is 13.0. The van der Waals surface area contributed by atoms with Crippen molar-refractivity contribution in [2.24, 2.45) is 0 Å². The lowest BCUT2D eigenvalue weighted by Gasteiger charge is -2.22. The zero-order chi connectivity index (χ0) is 21.1. The Kier molecular flexibility index (Phi) is 6.88. The van der Waals surface area contributed by atoms with E-state index in [1.165, 1.54) is 6.26 Å². The highest BCUT2D eigenvalue weighted by molar-refractivity contribution is 7.90. The SMILES string of the molecule is CC[C@H](NC(=O)[C@@H](C)Oc1cc(C)cc(C)c1C)c1ccc(S(C)(=O)=O)cc1. The molecule has 0 radical (unpaired) electrons. The average molecular weight is 404 g/mol. The van der Waals surface area contributed by atoms with Crippen molar-refractivity contribution in [2.75, 3.05) is 6.26 Å². The maximum absolute atomic E-state index is 12.7. The van der Waals surface area contributed by atoms with Gasteiger partial charge in [-0.25, -0.2) is 8.42 Å². The number of nitrogens with one attached hydrogen (secondary N) is 1. The Morgan fingerprint density at radius 1 is 1.11 bits per heavy atom. The van der Waals surface area contributed by atoms with E-state index in [4.69, 9.17) is 4.74 Å². The summed E-state index contributed by atoms with van der Waals surface area (Å²) in [5.41, 5.74) is 4.09. The molecule has 0 aliphatic heterocycles. The van der Waals surface area contributed by atoms with Crippen LogP contribution in [0.4, 0.5) is 0 Å². The molecule has 0 heterocycles. The van der Waals surface area contributed by atoms with E-state index in [0.29, 0.717) is 12.2 Å². The quantitative estimate of drug-likeness (QED) is 0.757. The first-order valence-corrected chi connectivity index (χ1v) is 11.3. The highest BCUT2D eigenvalue weighted by Crippen LogP contribution is 2.25. The second-order valence-electron chi connectivity index (χ2n) is 7.28. The fraction of sp³-hybridized carbons (Fsp3) is 0.409. The van der Waals surface area contributed by atoms with Crippen LogP contribution in [0.2, 0.25) is 0 Å². The monoisotopic (exact) mass is 403 g/mol. The molecular weight excluding hydrogens is 374 g/mol. The number of sulfone groups is 1. The number of carbonyl (C=O) groups excluding carboxylic acids is 1. The van der Waals surface area contributed by atoms with E-state index in [1.54, 1.807) is 31.2 Å². The van der Waals surface area contributed by atoms with Gasteiger partial charge in [-0.05, 0) is 74.6 Å². The number of hydrogen-bond acceptors (Lipinski definition) is 4. The Labute approximate surface area is 168 Å². The Hall–Kier alpha value is -2.34. The third kappa shape index (κ3) is 5.35. The molecule has 1 N–H and O–H groups in total. The molecule has 0 spiro atoms. The van der Waals surface area contributed by atoms with Gasteiger partial charge >= 0.3 is 0 Å². The van der Waals surface area contributed by atoms with Crippen LogP contribution in [-0.4, -0.2) is 26.7 Å². The molecule has 2 aromatic carbocycles. The van der Waals surface area contributed by atoms with Gasteiger partial charge in [0, 0.05) is 6.26 Å². The maximum Gasteiger partial charge on any atom is 0.261 e. The van der Waals surface area contributed by atoms with Crippen molar-refractivity contribution < 1.29 is 17.9 Å². The number of amides is 1. The molecule has 2 rings (SSSR count). The first kappa shape index (κ1) is 22.0. The van der Waals surface area contributed by atoms with E-state index in [1.807, 2.05) is 33.8 Å². The molecule has 6 heteroatoms. The normalized spacial score (nSPS) is 13.6. The summed E-state index contributed by atoms with van der Waals surface area (Å²) in [6.07, 6.45) is 1.21. The summed E-state index contributed by atoms with van der Waals surface area (Å²) in [5, 5.41) is 3.00. The second kappa shape index (κ2) is 8.78. The van der Waals surface area contributed by atoms with E-state index in [-0.39, 0.29) is 16.8 Å². The molecule has 0 saturated carbocycles. The van der Waals surface area contributed by atoms with Crippen molar-refractivity contribution in [3.63, 3.8) is 0 Å². The number of rotatable bonds is 7. The number of carbonyl (C=O) groups is 1. The van der Waals surface area contributed by atoms with E-state index in [9.17, 15) is 13.2 Å².